The molecule has 0 aliphatic carbocycles. The van der Waals surface area contributed by atoms with Gasteiger partial charge in [0, 0.05) is 21.8 Å². The minimum Gasteiger partial charge on any atom is -0.347 e. The van der Waals surface area contributed by atoms with E-state index in [4.69, 9.17) is 10.7 Å². The topological polar surface area (TPSA) is 63.2 Å². The lowest BCUT2D eigenvalue weighted by atomic mass is 9.95. The SMILES string of the molecule is CCC(C)(CC)NC(=O)c1cccc(S(=O)(=O)Cl)c1. The summed E-state index contributed by atoms with van der Waals surface area (Å²) in [5, 5.41) is 2.91. The Labute approximate surface area is 118 Å². The van der Waals surface area contributed by atoms with Crippen molar-refractivity contribution in [2.24, 2.45) is 0 Å². The summed E-state index contributed by atoms with van der Waals surface area (Å²) in [6.45, 7) is 5.93. The first-order valence-corrected chi connectivity index (χ1v) is 8.40. The average Bonchev–Trinajstić information content (AvgIpc) is 2.37. The van der Waals surface area contributed by atoms with Gasteiger partial charge in [-0.1, -0.05) is 19.9 Å². The number of hydrogen-bond donors (Lipinski definition) is 1. The van der Waals surface area contributed by atoms with Crippen molar-refractivity contribution in [2.75, 3.05) is 0 Å². The molecular weight excluding hydrogens is 286 g/mol. The zero-order valence-electron chi connectivity index (χ0n) is 11.2. The van der Waals surface area contributed by atoms with Crippen molar-refractivity contribution in [2.45, 2.75) is 44.0 Å². The van der Waals surface area contributed by atoms with Crippen molar-refractivity contribution < 1.29 is 13.2 Å². The number of nitrogens with one attached hydrogen (secondary N) is 1. The van der Waals surface area contributed by atoms with Gasteiger partial charge in [-0.15, -0.1) is 0 Å². The van der Waals surface area contributed by atoms with Crippen molar-refractivity contribution >= 4 is 25.6 Å². The van der Waals surface area contributed by atoms with Gasteiger partial charge in [0.1, 0.15) is 0 Å². The summed E-state index contributed by atoms with van der Waals surface area (Å²) in [6, 6.07) is 5.70. The highest BCUT2D eigenvalue weighted by molar-refractivity contribution is 8.13. The molecule has 0 bridgehead atoms. The van der Waals surface area contributed by atoms with E-state index in [2.05, 4.69) is 5.32 Å². The molecule has 0 spiro atoms. The first-order valence-electron chi connectivity index (χ1n) is 6.09. The Morgan fingerprint density at radius 3 is 2.37 bits per heavy atom. The second kappa shape index (κ2) is 5.92. The molecule has 106 valence electrons. The van der Waals surface area contributed by atoms with Crippen LogP contribution in [0.1, 0.15) is 44.0 Å². The molecule has 0 radical (unpaired) electrons. The van der Waals surface area contributed by atoms with E-state index in [0.717, 1.165) is 12.8 Å². The van der Waals surface area contributed by atoms with E-state index in [1.165, 1.54) is 18.2 Å². The van der Waals surface area contributed by atoms with Crippen LogP contribution in [0.25, 0.3) is 0 Å². The van der Waals surface area contributed by atoms with Gasteiger partial charge in [0.15, 0.2) is 0 Å². The molecule has 0 unspecified atom stereocenters. The number of benzene rings is 1. The monoisotopic (exact) mass is 303 g/mol. The molecule has 6 heteroatoms. The molecule has 0 atom stereocenters. The maximum Gasteiger partial charge on any atom is 0.261 e. The number of amides is 1. The fourth-order valence-corrected chi connectivity index (χ4v) is 2.36. The third kappa shape index (κ3) is 4.21. The third-order valence-corrected chi connectivity index (χ3v) is 4.71. The number of rotatable bonds is 5. The second-order valence-corrected chi connectivity index (χ2v) is 7.25. The molecule has 1 amide bonds. The molecule has 0 saturated carbocycles. The predicted molar refractivity (Wildman–Crippen MR) is 75.9 cm³/mol. The van der Waals surface area contributed by atoms with Crippen molar-refractivity contribution in [3.8, 4) is 0 Å². The smallest absolute Gasteiger partial charge is 0.261 e. The van der Waals surface area contributed by atoms with Gasteiger partial charge < -0.3 is 5.32 Å². The van der Waals surface area contributed by atoms with E-state index in [9.17, 15) is 13.2 Å². The van der Waals surface area contributed by atoms with Gasteiger partial charge in [-0.2, -0.15) is 0 Å². The molecule has 19 heavy (non-hydrogen) atoms. The van der Waals surface area contributed by atoms with Crippen LogP contribution in [0.2, 0.25) is 0 Å². The van der Waals surface area contributed by atoms with E-state index >= 15 is 0 Å². The quantitative estimate of drug-likeness (QED) is 0.851. The highest BCUT2D eigenvalue weighted by Gasteiger charge is 2.23. The average molecular weight is 304 g/mol. The molecule has 1 rings (SSSR count). The molecule has 1 aromatic carbocycles. The first kappa shape index (κ1) is 16.0. The third-order valence-electron chi connectivity index (χ3n) is 3.35. The summed E-state index contributed by atoms with van der Waals surface area (Å²) in [5.41, 5.74) is -0.0118. The number of carbonyl (C=O) groups is 1. The highest BCUT2D eigenvalue weighted by Crippen LogP contribution is 2.18. The lowest BCUT2D eigenvalue weighted by Crippen LogP contribution is -2.44. The Kier molecular flexibility index (Phi) is 4.98. The molecule has 4 nitrogen and oxygen atoms in total. The minimum absolute atomic E-state index is 0.0727. The number of halogens is 1. The molecule has 1 N–H and O–H groups in total. The van der Waals surface area contributed by atoms with Crippen LogP contribution in [0, 0.1) is 0 Å². The summed E-state index contributed by atoms with van der Waals surface area (Å²) in [7, 11) is 1.44. The van der Waals surface area contributed by atoms with Crippen LogP contribution in [0.4, 0.5) is 0 Å². The largest absolute Gasteiger partial charge is 0.347 e. The minimum atomic E-state index is -3.82. The summed E-state index contributed by atoms with van der Waals surface area (Å²) in [4.78, 5) is 12.0. The Morgan fingerprint density at radius 2 is 1.89 bits per heavy atom. The lowest BCUT2D eigenvalue weighted by molar-refractivity contribution is 0.0901. The number of carbonyl (C=O) groups excluding carboxylic acids is 1. The van der Waals surface area contributed by atoms with Crippen LogP contribution in [0.3, 0.4) is 0 Å². The highest BCUT2D eigenvalue weighted by atomic mass is 35.7. The van der Waals surface area contributed by atoms with Gasteiger partial charge in [-0.05, 0) is 38.0 Å². The summed E-state index contributed by atoms with van der Waals surface area (Å²) >= 11 is 0. The Balaban J connectivity index is 3.02. The second-order valence-electron chi connectivity index (χ2n) is 4.69. The first-order chi connectivity index (χ1) is 8.72. The molecule has 0 aliphatic rings. The molecule has 0 aromatic heterocycles. The van der Waals surface area contributed by atoms with E-state index in [0.29, 0.717) is 0 Å². The maximum absolute atomic E-state index is 12.1. The molecule has 0 heterocycles. The van der Waals surface area contributed by atoms with Crippen molar-refractivity contribution in [3.63, 3.8) is 0 Å². The number of hydrogen-bond acceptors (Lipinski definition) is 3. The van der Waals surface area contributed by atoms with Gasteiger partial charge in [0.2, 0.25) is 0 Å². The zero-order valence-corrected chi connectivity index (χ0v) is 12.8. The van der Waals surface area contributed by atoms with Gasteiger partial charge in [0.25, 0.3) is 15.0 Å². The molecule has 0 saturated heterocycles. The summed E-state index contributed by atoms with van der Waals surface area (Å²) in [5.74, 6) is -0.298. The van der Waals surface area contributed by atoms with Crippen molar-refractivity contribution in [1.82, 2.24) is 5.32 Å². The van der Waals surface area contributed by atoms with Crippen LogP contribution in [0.15, 0.2) is 29.2 Å². The van der Waals surface area contributed by atoms with Crippen molar-refractivity contribution in [1.29, 1.82) is 0 Å². The molecule has 0 fully saturated rings. The van der Waals surface area contributed by atoms with Crippen molar-refractivity contribution in [3.05, 3.63) is 29.8 Å². The predicted octanol–water partition coefficient (Wildman–Crippen LogP) is 2.92. The normalized spacial score (nSPS) is 12.2. The molecular formula is C13H18ClNO3S. The van der Waals surface area contributed by atoms with Crippen LogP contribution in [-0.2, 0) is 9.05 Å². The fraction of sp³-hybridized carbons (Fsp3) is 0.462. The van der Waals surface area contributed by atoms with Crippen LogP contribution in [-0.4, -0.2) is 19.9 Å². The summed E-state index contributed by atoms with van der Waals surface area (Å²) < 4.78 is 22.5. The van der Waals surface area contributed by atoms with Crippen LogP contribution >= 0.6 is 10.7 Å². The van der Waals surface area contributed by atoms with E-state index in [1.54, 1.807) is 6.07 Å². The molecule has 0 aliphatic heterocycles. The van der Waals surface area contributed by atoms with E-state index in [1.807, 2.05) is 20.8 Å². The Bertz CT molecular complexity index is 565. The van der Waals surface area contributed by atoms with Crippen LogP contribution in [0.5, 0.6) is 0 Å². The van der Waals surface area contributed by atoms with Gasteiger partial charge in [0.05, 0.1) is 4.90 Å². The zero-order chi connectivity index (χ0) is 14.7. The van der Waals surface area contributed by atoms with E-state index < -0.39 is 9.05 Å². The standard InChI is InChI=1S/C13H18ClNO3S/c1-4-13(3,5-2)15-12(16)10-7-6-8-11(9-10)19(14,17)18/h6-9H,4-5H2,1-3H3,(H,15,16). The summed E-state index contributed by atoms with van der Waals surface area (Å²) in [6.07, 6.45) is 1.59. The van der Waals surface area contributed by atoms with Gasteiger partial charge >= 0.3 is 0 Å². The van der Waals surface area contributed by atoms with Crippen LogP contribution < -0.4 is 5.32 Å². The maximum atomic E-state index is 12.1. The Hall–Kier alpha value is -1.07. The molecule has 1 aromatic rings. The Morgan fingerprint density at radius 1 is 1.32 bits per heavy atom. The fourth-order valence-electron chi connectivity index (χ4n) is 1.56. The van der Waals surface area contributed by atoms with E-state index in [-0.39, 0.29) is 21.9 Å². The van der Waals surface area contributed by atoms with Gasteiger partial charge in [-0.3, -0.25) is 4.79 Å². The lowest BCUT2D eigenvalue weighted by Gasteiger charge is -2.28. The van der Waals surface area contributed by atoms with Gasteiger partial charge in [-0.25, -0.2) is 8.42 Å².